The normalized spacial score (nSPS) is 11.4. The molecule has 7 nitrogen and oxygen atoms in total. The van der Waals surface area contributed by atoms with Crippen LogP contribution in [0.25, 0.3) is 22.8 Å². The topological polar surface area (TPSA) is 94.3 Å². The summed E-state index contributed by atoms with van der Waals surface area (Å²) in [6, 6.07) is 15.4. The Kier molecular flexibility index (Phi) is 5.76. The molecule has 0 atom stereocenters. The van der Waals surface area contributed by atoms with Gasteiger partial charge in [-0.3, -0.25) is 4.72 Å². The van der Waals surface area contributed by atoms with E-state index in [-0.39, 0.29) is 10.1 Å². The Bertz CT molecular complexity index is 1270. The summed E-state index contributed by atoms with van der Waals surface area (Å²) in [5, 5.41) is 6.22. The quantitative estimate of drug-likeness (QED) is 0.400. The number of benzene rings is 2. The highest BCUT2D eigenvalue weighted by atomic mass is 35.5. The fourth-order valence-electron chi connectivity index (χ4n) is 2.65. The largest absolute Gasteiger partial charge is 0.492 e. The highest BCUT2D eigenvalue weighted by Crippen LogP contribution is 2.32. The van der Waals surface area contributed by atoms with Crippen molar-refractivity contribution in [1.29, 1.82) is 0 Å². The number of hydrogen-bond donors (Lipinski definition) is 1. The van der Waals surface area contributed by atoms with Crippen molar-refractivity contribution in [2.75, 3.05) is 11.3 Å². The Morgan fingerprint density at radius 1 is 1.13 bits per heavy atom. The number of hydrogen-bond acceptors (Lipinski definition) is 7. The Hall–Kier alpha value is -2.88. The second-order valence-electron chi connectivity index (χ2n) is 6.12. The molecule has 1 N–H and O–H groups in total. The van der Waals surface area contributed by atoms with Gasteiger partial charge >= 0.3 is 0 Å². The van der Waals surface area contributed by atoms with Gasteiger partial charge < -0.3 is 9.26 Å². The molecule has 0 amide bonds. The molecule has 0 bridgehead atoms. The van der Waals surface area contributed by atoms with Crippen LogP contribution in [0.15, 0.2) is 68.7 Å². The third-order valence-corrected chi connectivity index (χ3v) is 7.10. The fourth-order valence-corrected chi connectivity index (χ4v) is 5.00. The highest BCUT2D eigenvalue weighted by Gasteiger charge is 2.21. The van der Waals surface area contributed by atoms with Crippen LogP contribution in [0, 0.1) is 0 Å². The lowest BCUT2D eigenvalue weighted by atomic mass is 10.2. The lowest BCUT2D eigenvalue weighted by molar-refractivity contribution is 0.342. The van der Waals surface area contributed by atoms with Crippen molar-refractivity contribution in [1.82, 2.24) is 10.1 Å². The Morgan fingerprint density at radius 3 is 2.67 bits per heavy atom. The van der Waals surface area contributed by atoms with Crippen molar-refractivity contribution in [3.63, 3.8) is 0 Å². The van der Waals surface area contributed by atoms with Crippen LogP contribution in [-0.4, -0.2) is 25.2 Å². The maximum atomic E-state index is 12.8. The first-order chi connectivity index (χ1) is 14.5. The van der Waals surface area contributed by atoms with Gasteiger partial charge in [-0.25, -0.2) is 8.42 Å². The number of thiophene rings is 1. The number of sulfonamides is 1. The number of halogens is 1. The van der Waals surface area contributed by atoms with Crippen LogP contribution in [0.5, 0.6) is 5.75 Å². The zero-order valence-electron chi connectivity index (χ0n) is 15.7. The van der Waals surface area contributed by atoms with Gasteiger partial charge in [0.15, 0.2) is 0 Å². The second kappa shape index (κ2) is 8.47. The molecule has 4 aromatic rings. The zero-order valence-corrected chi connectivity index (χ0v) is 18.1. The predicted molar refractivity (Wildman–Crippen MR) is 116 cm³/mol. The first kappa shape index (κ1) is 20.4. The molecule has 0 radical (unpaired) electrons. The van der Waals surface area contributed by atoms with Crippen molar-refractivity contribution in [3.8, 4) is 28.6 Å². The lowest BCUT2D eigenvalue weighted by Crippen LogP contribution is -2.12. The van der Waals surface area contributed by atoms with E-state index in [9.17, 15) is 8.42 Å². The number of para-hydroxylation sites is 2. The predicted octanol–water partition coefficient (Wildman–Crippen LogP) is 5.32. The highest BCUT2D eigenvalue weighted by molar-refractivity contribution is 7.94. The minimum absolute atomic E-state index is 0.120. The smallest absolute Gasteiger partial charge is 0.271 e. The molecule has 0 unspecified atom stereocenters. The molecule has 0 fully saturated rings. The second-order valence-corrected chi connectivity index (χ2v) is 9.38. The third kappa shape index (κ3) is 4.33. The van der Waals surface area contributed by atoms with Crippen LogP contribution in [0.3, 0.4) is 0 Å². The van der Waals surface area contributed by atoms with Gasteiger partial charge in [0.05, 0.1) is 17.9 Å². The molecule has 0 aliphatic heterocycles. The summed E-state index contributed by atoms with van der Waals surface area (Å²) in [7, 11) is -3.81. The number of aromatic nitrogens is 2. The van der Waals surface area contributed by atoms with Crippen LogP contribution >= 0.6 is 22.9 Å². The fraction of sp³-hybridized carbons (Fsp3) is 0.100. The average molecular weight is 462 g/mol. The van der Waals surface area contributed by atoms with Crippen molar-refractivity contribution in [2.24, 2.45) is 0 Å². The van der Waals surface area contributed by atoms with Gasteiger partial charge in [-0.1, -0.05) is 28.9 Å². The molecule has 2 aromatic heterocycles. The van der Waals surface area contributed by atoms with E-state index in [1.807, 2.05) is 6.92 Å². The molecule has 154 valence electrons. The minimum Gasteiger partial charge on any atom is -0.492 e. The molecular formula is C20H16ClN3O4S2. The van der Waals surface area contributed by atoms with E-state index in [4.69, 9.17) is 20.9 Å². The van der Waals surface area contributed by atoms with E-state index in [1.54, 1.807) is 53.9 Å². The minimum atomic E-state index is -3.81. The van der Waals surface area contributed by atoms with Gasteiger partial charge in [-0.2, -0.15) is 4.98 Å². The molecule has 0 saturated carbocycles. The van der Waals surface area contributed by atoms with Gasteiger partial charge in [0, 0.05) is 16.0 Å². The van der Waals surface area contributed by atoms with Crippen LogP contribution in [0.4, 0.5) is 5.69 Å². The first-order valence-corrected chi connectivity index (χ1v) is 11.6. The van der Waals surface area contributed by atoms with Gasteiger partial charge in [0.2, 0.25) is 5.82 Å². The van der Waals surface area contributed by atoms with Gasteiger partial charge in [-0.15, -0.1) is 11.3 Å². The molecule has 0 spiro atoms. The summed E-state index contributed by atoms with van der Waals surface area (Å²) in [4.78, 5) is 4.35. The number of nitrogens with one attached hydrogen (secondary N) is 1. The molecule has 0 saturated heterocycles. The average Bonchev–Trinajstić information content (AvgIpc) is 3.40. The summed E-state index contributed by atoms with van der Waals surface area (Å²) >= 11 is 6.96. The van der Waals surface area contributed by atoms with E-state index in [0.29, 0.717) is 34.5 Å². The van der Waals surface area contributed by atoms with Crippen molar-refractivity contribution in [2.45, 2.75) is 11.1 Å². The van der Waals surface area contributed by atoms with Crippen molar-refractivity contribution < 1.29 is 17.7 Å². The molecule has 2 heterocycles. The van der Waals surface area contributed by atoms with Crippen LogP contribution in [0.1, 0.15) is 6.92 Å². The van der Waals surface area contributed by atoms with Crippen LogP contribution < -0.4 is 9.46 Å². The van der Waals surface area contributed by atoms with Crippen molar-refractivity contribution >= 4 is 38.6 Å². The van der Waals surface area contributed by atoms with E-state index >= 15 is 0 Å². The third-order valence-electron chi connectivity index (χ3n) is 4.05. The summed E-state index contributed by atoms with van der Waals surface area (Å²) in [5.74, 6) is 1.08. The summed E-state index contributed by atoms with van der Waals surface area (Å²) in [6.45, 7) is 2.26. The van der Waals surface area contributed by atoms with E-state index in [2.05, 4.69) is 14.9 Å². The molecule has 4 rings (SSSR count). The summed E-state index contributed by atoms with van der Waals surface area (Å²) < 4.78 is 39.1. The Labute approximate surface area is 182 Å². The lowest BCUT2D eigenvalue weighted by Gasteiger charge is -2.11. The van der Waals surface area contributed by atoms with Crippen LogP contribution in [0.2, 0.25) is 5.02 Å². The Balaban J connectivity index is 1.57. The molecule has 10 heteroatoms. The van der Waals surface area contributed by atoms with E-state index < -0.39 is 10.0 Å². The maximum absolute atomic E-state index is 12.8. The maximum Gasteiger partial charge on any atom is 0.271 e. The first-order valence-electron chi connectivity index (χ1n) is 8.89. The zero-order chi connectivity index (χ0) is 21.1. The monoisotopic (exact) mass is 461 g/mol. The number of rotatable bonds is 7. The molecule has 0 aliphatic rings. The van der Waals surface area contributed by atoms with E-state index in [1.165, 1.54) is 6.07 Å². The SMILES string of the molecule is CCOc1ccccc1NS(=O)(=O)c1cc(-c2nc(-c3ccc(Cl)cc3)no2)cs1. The van der Waals surface area contributed by atoms with Crippen LogP contribution in [-0.2, 0) is 10.0 Å². The number of nitrogens with zero attached hydrogens (tertiary/aromatic N) is 2. The molecule has 0 aliphatic carbocycles. The molecule has 30 heavy (non-hydrogen) atoms. The van der Waals surface area contributed by atoms with Gasteiger partial charge in [0.1, 0.15) is 9.96 Å². The molecule has 2 aromatic carbocycles. The molecular weight excluding hydrogens is 446 g/mol. The van der Waals surface area contributed by atoms with Gasteiger partial charge in [-0.05, 0) is 49.4 Å². The summed E-state index contributed by atoms with van der Waals surface area (Å²) in [6.07, 6.45) is 0. The Morgan fingerprint density at radius 2 is 1.90 bits per heavy atom. The number of ether oxygens (including phenoxy) is 1. The van der Waals surface area contributed by atoms with Gasteiger partial charge in [0.25, 0.3) is 15.9 Å². The summed E-state index contributed by atoms with van der Waals surface area (Å²) in [5.41, 5.74) is 1.63. The van der Waals surface area contributed by atoms with Crippen molar-refractivity contribution in [3.05, 3.63) is 65.0 Å². The van der Waals surface area contributed by atoms with E-state index in [0.717, 1.165) is 16.9 Å². The standard InChI is InChI=1S/C20H16ClN3O4S2/c1-2-27-17-6-4-3-5-16(17)24-30(25,26)18-11-14(12-29-18)20-22-19(23-28-20)13-7-9-15(21)10-8-13/h3-12,24H,2H2,1H3. The number of anilines is 1.